The largest absolute Gasteiger partial charge is 0.481 e. The molecule has 1 aliphatic heterocycles. The lowest BCUT2D eigenvalue weighted by molar-refractivity contribution is -0.138. The highest BCUT2D eigenvalue weighted by Crippen LogP contribution is 2.37. The maximum atomic E-state index is 10.9. The van der Waals surface area contributed by atoms with Crippen molar-refractivity contribution in [1.82, 2.24) is 0 Å². The summed E-state index contributed by atoms with van der Waals surface area (Å²) in [6, 6.07) is 5.45. The van der Waals surface area contributed by atoms with E-state index in [1.54, 1.807) is 23.9 Å². The molecule has 0 radical (unpaired) electrons. The van der Waals surface area contributed by atoms with Crippen molar-refractivity contribution >= 4 is 17.7 Å². The van der Waals surface area contributed by atoms with E-state index in [-0.39, 0.29) is 6.54 Å². The summed E-state index contributed by atoms with van der Waals surface area (Å²) in [4.78, 5) is 12.0. The Morgan fingerprint density at radius 2 is 2.47 bits per heavy atom. The summed E-state index contributed by atoms with van der Waals surface area (Å²) in [5.74, 6) is -0.191. The SMILES string of the molecule is NCC(C(=O)O)c1ccc2c(c1)OCS2. The van der Waals surface area contributed by atoms with E-state index in [1.807, 2.05) is 6.07 Å². The van der Waals surface area contributed by atoms with Crippen molar-refractivity contribution in [3.63, 3.8) is 0 Å². The number of hydrogen-bond donors (Lipinski definition) is 2. The van der Waals surface area contributed by atoms with Gasteiger partial charge in [-0.25, -0.2) is 0 Å². The number of benzene rings is 1. The average Bonchev–Trinajstić information content (AvgIpc) is 2.65. The lowest BCUT2D eigenvalue weighted by Crippen LogP contribution is -2.21. The topological polar surface area (TPSA) is 72.6 Å². The molecule has 1 aromatic carbocycles. The first kappa shape index (κ1) is 10.3. The molecule has 80 valence electrons. The molecule has 0 saturated heterocycles. The quantitative estimate of drug-likeness (QED) is 0.810. The molecule has 2 rings (SSSR count). The Hall–Kier alpha value is -1.20. The van der Waals surface area contributed by atoms with E-state index in [1.165, 1.54) is 0 Å². The van der Waals surface area contributed by atoms with Crippen LogP contribution >= 0.6 is 11.8 Å². The second kappa shape index (κ2) is 4.12. The summed E-state index contributed by atoms with van der Waals surface area (Å²) in [7, 11) is 0. The van der Waals surface area contributed by atoms with Crippen LogP contribution in [0.3, 0.4) is 0 Å². The number of carbonyl (C=O) groups is 1. The number of ether oxygens (including phenoxy) is 1. The number of carboxylic acids is 1. The van der Waals surface area contributed by atoms with Crippen molar-refractivity contribution in [3.05, 3.63) is 23.8 Å². The van der Waals surface area contributed by atoms with Gasteiger partial charge in [0.2, 0.25) is 0 Å². The normalized spacial score (nSPS) is 15.5. The predicted octanol–water partition coefficient (Wildman–Crippen LogP) is 1.26. The number of nitrogens with two attached hydrogens (primary N) is 1. The van der Waals surface area contributed by atoms with Crippen LogP contribution in [0.5, 0.6) is 5.75 Å². The summed E-state index contributed by atoms with van der Waals surface area (Å²) in [6.45, 7) is 0.0985. The summed E-state index contributed by atoms with van der Waals surface area (Å²) < 4.78 is 5.34. The minimum atomic E-state index is -0.900. The summed E-state index contributed by atoms with van der Waals surface area (Å²) in [5, 5.41) is 8.95. The third-order valence-electron chi connectivity index (χ3n) is 2.33. The zero-order valence-corrected chi connectivity index (χ0v) is 8.79. The van der Waals surface area contributed by atoms with Crippen molar-refractivity contribution in [2.24, 2.45) is 5.73 Å². The fraction of sp³-hybridized carbons (Fsp3) is 0.300. The molecular weight excluding hydrogens is 214 g/mol. The molecule has 1 atom stereocenters. The van der Waals surface area contributed by atoms with Crippen molar-refractivity contribution in [2.75, 3.05) is 12.5 Å². The Balaban J connectivity index is 2.32. The van der Waals surface area contributed by atoms with Gasteiger partial charge in [0.1, 0.15) is 11.7 Å². The van der Waals surface area contributed by atoms with Gasteiger partial charge in [0.15, 0.2) is 0 Å². The molecule has 1 heterocycles. The van der Waals surface area contributed by atoms with Gasteiger partial charge in [0, 0.05) is 6.54 Å². The Kier molecular flexibility index (Phi) is 2.83. The van der Waals surface area contributed by atoms with Crippen LogP contribution in [0, 0.1) is 0 Å². The minimum absolute atomic E-state index is 0.0985. The lowest BCUT2D eigenvalue weighted by atomic mass is 9.99. The van der Waals surface area contributed by atoms with Gasteiger partial charge in [-0.2, -0.15) is 0 Å². The number of rotatable bonds is 3. The van der Waals surface area contributed by atoms with Crippen molar-refractivity contribution < 1.29 is 14.6 Å². The second-order valence-corrected chi connectivity index (χ2v) is 4.20. The number of carboxylic acid groups (broad SMARTS) is 1. The molecule has 4 nitrogen and oxygen atoms in total. The molecule has 0 spiro atoms. The van der Waals surface area contributed by atoms with Crippen LogP contribution in [-0.2, 0) is 4.79 Å². The lowest BCUT2D eigenvalue weighted by Gasteiger charge is -2.10. The highest BCUT2D eigenvalue weighted by Gasteiger charge is 2.21. The van der Waals surface area contributed by atoms with Gasteiger partial charge < -0.3 is 15.6 Å². The van der Waals surface area contributed by atoms with E-state index in [4.69, 9.17) is 15.6 Å². The fourth-order valence-electron chi connectivity index (χ4n) is 1.51. The molecule has 3 N–H and O–H groups in total. The number of thioether (sulfide) groups is 1. The highest BCUT2D eigenvalue weighted by molar-refractivity contribution is 7.99. The smallest absolute Gasteiger partial charge is 0.312 e. The number of aliphatic carboxylic acids is 1. The molecule has 5 heteroatoms. The monoisotopic (exact) mass is 225 g/mol. The molecule has 0 aromatic heterocycles. The van der Waals surface area contributed by atoms with E-state index in [0.29, 0.717) is 11.5 Å². The summed E-state index contributed by atoms with van der Waals surface area (Å²) in [6.07, 6.45) is 0. The van der Waals surface area contributed by atoms with Crippen LogP contribution < -0.4 is 10.5 Å². The molecule has 0 aliphatic carbocycles. The van der Waals surface area contributed by atoms with Crippen LogP contribution in [0.4, 0.5) is 0 Å². The number of fused-ring (bicyclic) bond motifs is 1. The van der Waals surface area contributed by atoms with E-state index in [9.17, 15) is 4.79 Å². The van der Waals surface area contributed by atoms with Crippen LogP contribution in [0.2, 0.25) is 0 Å². The van der Waals surface area contributed by atoms with Gasteiger partial charge in [0.25, 0.3) is 0 Å². The molecule has 0 bridgehead atoms. The molecule has 1 aliphatic rings. The van der Waals surface area contributed by atoms with E-state index in [0.717, 1.165) is 10.6 Å². The standard InChI is InChI=1S/C10H11NO3S/c11-4-7(10(12)13)6-1-2-9-8(3-6)14-5-15-9/h1-3,7H,4-5,11H2,(H,12,13). The Bertz CT molecular complexity index is 394. The molecule has 1 unspecified atom stereocenters. The molecule has 1 aromatic rings. The van der Waals surface area contributed by atoms with Crippen LogP contribution in [0.25, 0.3) is 0 Å². The molecule has 0 saturated carbocycles. The van der Waals surface area contributed by atoms with Crippen molar-refractivity contribution in [1.29, 1.82) is 0 Å². The highest BCUT2D eigenvalue weighted by atomic mass is 32.2. The first-order valence-electron chi connectivity index (χ1n) is 4.55. The summed E-state index contributed by atoms with van der Waals surface area (Å²) >= 11 is 1.60. The Morgan fingerprint density at radius 3 is 3.13 bits per heavy atom. The van der Waals surface area contributed by atoms with Crippen LogP contribution in [-0.4, -0.2) is 23.6 Å². The average molecular weight is 225 g/mol. The van der Waals surface area contributed by atoms with E-state index >= 15 is 0 Å². The van der Waals surface area contributed by atoms with E-state index < -0.39 is 11.9 Å². The maximum absolute atomic E-state index is 10.9. The van der Waals surface area contributed by atoms with Gasteiger partial charge in [-0.3, -0.25) is 4.79 Å². The minimum Gasteiger partial charge on any atom is -0.481 e. The Labute approximate surface area is 91.4 Å². The summed E-state index contributed by atoms with van der Waals surface area (Å²) in [5.41, 5.74) is 6.12. The predicted molar refractivity (Wildman–Crippen MR) is 57.2 cm³/mol. The molecule has 15 heavy (non-hydrogen) atoms. The zero-order chi connectivity index (χ0) is 10.8. The third kappa shape index (κ3) is 1.93. The van der Waals surface area contributed by atoms with Gasteiger partial charge in [-0.05, 0) is 17.7 Å². The molecule has 0 amide bonds. The van der Waals surface area contributed by atoms with E-state index in [2.05, 4.69) is 0 Å². The van der Waals surface area contributed by atoms with Gasteiger partial charge in [-0.1, -0.05) is 17.8 Å². The van der Waals surface area contributed by atoms with Crippen LogP contribution in [0.15, 0.2) is 23.1 Å². The third-order valence-corrected chi connectivity index (χ3v) is 3.22. The number of hydrogen-bond acceptors (Lipinski definition) is 4. The van der Waals surface area contributed by atoms with Crippen molar-refractivity contribution in [2.45, 2.75) is 10.8 Å². The van der Waals surface area contributed by atoms with Gasteiger partial charge >= 0.3 is 5.97 Å². The van der Waals surface area contributed by atoms with Gasteiger partial charge in [0.05, 0.1) is 10.8 Å². The van der Waals surface area contributed by atoms with Crippen LogP contribution in [0.1, 0.15) is 11.5 Å². The first-order chi connectivity index (χ1) is 7.22. The Morgan fingerprint density at radius 1 is 1.67 bits per heavy atom. The zero-order valence-electron chi connectivity index (χ0n) is 7.97. The first-order valence-corrected chi connectivity index (χ1v) is 5.53. The maximum Gasteiger partial charge on any atom is 0.312 e. The van der Waals surface area contributed by atoms with Gasteiger partial charge in [-0.15, -0.1) is 0 Å². The second-order valence-electron chi connectivity index (χ2n) is 3.24. The molecule has 0 fully saturated rings. The fourth-order valence-corrected chi connectivity index (χ4v) is 2.25. The van der Waals surface area contributed by atoms with Crippen molar-refractivity contribution in [3.8, 4) is 5.75 Å². The molecular formula is C10H11NO3S.